The molecule has 27 heavy (non-hydrogen) atoms. The van der Waals surface area contributed by atoms with Crippen LogP contribution in [0.15, 0.2) is 40.9 Å². The summed E-state index contributed by atoms with van der Waals surface area (Å²) in [5.41, 5.74) is 3.44. The molecule has 1 N–H and O–H groups in total. The zero-order valence-corrected chi connectivity index (χ0v) is 17.0. The van der Waals surface area contributed by atoms with Crippen molar-refractivity contribution in [1.29, 1.82) is 0 Å². The number of aryl methyl sites for hydroxylation is 2. The maximum atomic E-state index is 12.5. The molecule has 0 radical (unpaired) electrons. The lowest BCUT2D eigenvalue weighted by Crippen LogP contribution is -2.28. The number of benzene rings is 1. The molecule has 0 saturated heterocycles. The standard InChI is InChI=1S/C19H16ClN3O2S2/c1-10-7-13(11(2)27-10)16-9-26-19(21-16)22-18(24)17-8-15(23-25-17)12-5-3-4-6-14(12)20/h3-7,9,17H,8H2,1-2H3,(H,21,22,24)/t17-/m1/s1. The van der Waals surface area contributed by atoms with Crippen molar-refractivity contribution in [3.05, 3.63) is 56.1 Å². The van der Waals surface area contributed by atoms with Gasteiger partial charge in [-0.3, -0.25) is 10.1 Å². The molecule has 1 amide bonds. The molecule has 0 saturated carbocycles. The van der Waals surface area contributed by atoms with Crippen LogP contribution in [0.4, 0.5) is 5.13 Å². The smallest absolute Gasteiger partial charge is 0.270 e. The van der Waals surface area contributed by atoms with Crippen LogP contribution in [-0.2, 0) is 9.63 Å². The minimum atomic E-state index is -0.686. The molecule has 1 aliphatic rings. The Bertz CT molecular complexity index is 1040. The number of hydrogen-bond donors (Lipinski definition) is 1. The molecule has 0 unspecified atom stereocenters. The molecule has 1 aromatic carbocycles. The van der Waals surface area contributed by atoms with Crippen molar-refractivity contribution in [2.24, 2.45) is 5.16 Å². The lowest BCUT2D eigenvalue weighted by atomic mass is 10.0. The quantitative estimate of drug-likeness (QED) is 0.628. The number of carbonyl (C=O) groups excluding carboxylic acids is 1. The van der Waals surface area contributed by atoms with Crippen molar-refractivity contribution < 1.29 is 9.63 Å². The van der Waals surface area contributed by atoms with Crippen molar-refractivity contribution in [3.63, 3.8) is 0 Å². The Labute approximate surface area is 169 Å². The van der Waals surface area contributed by atoms with E-state index < -0.39 is 6.10 Å². The molecule has 0 bridgehead atoms. The van der Waals surface area contributed by atoms with E-state index in [4.69, 9.17) is 16.4 Å². The highest BCUT2D eigenvalue weighted by Crippen LogP contribution is 2.33. The van der Waals surface area contributed by atoms with E-state index in [1.54, 1.807) is 17.4 Å². The van der Waals surface area contributed by atoms with Gasteiger partial charge in [-0.1, -0.05) is 35.0 Å². The number of halogens is 1. The molecule has 4 rings (SSSR count). The summed E-state index contributed by atoms with van der Waals surface area (Å²) in [6, 6.07) is 9.50. The van der Waals surface area contributed by atoms with Gasteiger partial charge in [-0.25, -0.2) is 4.98 Å². The summed E-state index contributed by atoms with van der Waals surface area (Å²) in [6.45, 7) is 4.15. The molecule has 3 heterocycles. The Morgan fingerprint density at radius 1 is 1.30 bits per heavy atom. The lowest BCUT2D eigenvalue weighted by Gasteiger charge is -2.07. The Morgan fingerprint density at radius 3 is 2.85 bits per heavy atom. The first-order valence-electron chi connectivity index (χ1n) is 8.32. The number of rotatable bonds is 4. The second-order valence-electron chi connectivity index (χ2n) is 6.17. The summed E-state index contributed by atoms with van der Waals surface area (Å²) in [6.07, 6.45) is -0.315. The van der Waals surface area contributed by atoms with Gasteiger partial charge in [0.25, 0.3) is 5.91 Å². The van der Waals surface area contributed by atoms with Crippen molar-refractivity contribution in [3.8, 4) is 11.3 Å². The first-order valence-corrected chi connectivity index (χ1v) is 10.4. The van der Waals surface area contributed by atoms with E-state index in [0.717, 1.165) is 16.8 Å². The van der Waals surface area contributed by atoms with Gasteiger partial charge in [0.15, 0.2) is 5.13 Å². The Hall–Kier alpha value is -2.22. The summed E-state index contributed by atoms with van der Waals surface area (Å²) in [5, 5.41) is 9.95. The molecule has 138 valence electrons. The highest BCUT2D eigenvalue weighted by atomic mass is 35.5. The molecule has 1 atom stereocenters. The highest BCUT2D eigenvalue weighted by molar-refractivity contribution is 7.14. The number of carbonyl (C=O) groups is 1. The highest BCUT2D eigenvalue weighted by Gasteiger charge is 2.30. The lowest BCUT2D eigenvalue weighted by molar-refractivity contribution is -0.125. The molecule has 5 nitrogen and oxygen atoms in total. The average molecular weight is 418 g/mol. The number of hydrogen-bond acceptors (Lipinski definition) is 6. The number of aromatic nitrogens is 1. The third-order valence-electron chi connectivity index (χ3n) is 4.20. The van der Waals surface area contributed by atoms with Gasteiger partial charge in [0, 0.05) is 37.7 Å². The maximum absolute atomic E-state index is 12.5. The van der Waals surface area contributed by atoms with Crippen LogP contribution in [0.25, 0.3) is 11.3 Å². The van der Waals surface area contributed by atoms with Crippen LogP contribution in [0.3, 0.4) is 0 Å². The summed E-state index contributed by atoms with van der Waals surface area (Å²) in [7, 11) is 0. The van der Waals surface area contributed by atoms with Gasteiger partial charge in [0.05, 0.1) is 11.4 Å². The zero-order valence-electron chi connectivity index (χ0n) is 14.7. The second kappa shape index (κ2) is 7.42. The second-order valence-corrected chi connectivity index (χ2v) is 8.90. The Kier molecular flexibility index (Phi) is 4.99. The number of nitrogens with zero attached hydrogens (tertiary/aromatic N) is 2. The normalized spacial score (nSPS) is 16.1. The fourth-order valence-electron chi connectivity index (χ4n) is 2.90. The van der Waals surface area contributed by atoms with Gasteiger partial charge >= 0.3 is 0 Å². The van der Waals surface area contributed by atoms with Gasteiger partial charge < -0.3 is 4.84 Å². The number of oxime groups is 1. The van der Waals surface area contributed by atoms with Gasteiger partial charge in [-0.15, -0.1) is 22.7 Å². The van der Waals surface area contributed by atoms with E-state index in [1.165, 1.54) is 21.1 Å². The monoisotopic (exact) mass is 417 g/mol. The van der Waals surface area contributed by atoms with E-state index >= 15 is 0 Å². The summed E-state index contributed by atoms with van der Waals surface area (Å²) in [5.74, 6) is -0.264. The predicted octanol–water partition coefficient (Wildman–Crippen LogP) is 5.27. The number of nitrogens with one attached hydrogen (secondary N) is 1. The van der Waals surface area contributed by atoms with Crippen LogP contribution in [0, 0.1) is 13.8 Å². The third-order valence-corrected chi connectivity index (χ3v) is 6.25. The predicted molar refractivity (Wildman–Crippen MR) is 111 cm³/mol. The minimum absolute atomic E-state index is 0.264. The Balaban J connectivity index is 1.42. The first-order chi connectivity index (χ1) is 13.0. The molecule has 0 fully saturated rings. The molecule has 2 aromatic heterocycles. The summed E-state index contributed by atoms with van der Waals surface area (Å²) < 4.78 is 0. The van der Waals surface area contributed by atoms with Crippen molar-refractivity contribution in [2.75, 3.05) is 5.32 Å². The third kappa shape index (κ3) is 3.76. The fourth-order valence-corrected chi connectivity index (χ4v) is 4.79. The number of amides is 1. The minimum Gasteiger partial charge on any atom is -0.382 e. The number of anilines is 1. The number of thiazole rings is 1. The van der Waals surface area contributed by atoms with Crippen LogP contribution < -0.4 is 5.32 Å². The molecular weight excluding hydrogens is 402 g/mol. The maximum Gasteiger partial charge on any atom is 0.270 e. The topological polar surface area (TPSA) is 63.6 Å². The SMILES string of the molecule is Cc1cc(-c2csc(NC(=O)[C@H]3CC(c4ccccc4Cl)=NO3)n2)c(C)s1. The number of thiophene rings is 1. The summed E-state index contributed by atoms with van der Waals surface area (Å²) >= 11 is 9.33. The van der Waals surface area contributed by atoms with Crippen LogP contribution >= 0.6 is 34.3 Å². The average Bonchev–Trinajstić information content (AvgIpc) is 3.35. The van der Waals surface area contributed by atoms with E-state index in [2.05, 4.69) is 35.4 Å². The van der Waals surface area contributed by atoms with Crippen molar-refractivity contribution >= 4 is 51.0 Å². The van der Waals surface area contributed by atoms with Gasteiger partial charge in [0.2, 0.25) is 6.10 Å². The van der Waals surface area contributed by atoms with Crippen molar-refractivity contribution in [1.82, 2.24) is 4.98 Å². The molecule has 3 aromatic rings. The van der Waals surface area contributed by atoms with Crippen LogP contribution in [0.2, 0.25) is 5.02 Å². The van der Waals surface area contributed by atoms with E-state index in [-0.39, 0.29) is 5.91 Å². The zero-order chi connectivity index (χ0) is 19.0. The first kappa shape index (κ1) is 18.2. The van der Waals surface area contributed by atoms with E-state index in [0.29, 0.717) is 22.3 Å². The largest absolute Gasteiger partial charge is 0.382 e. The van der Waals surface area contributed by atoms with Gasteiger partial charge in [-0.2, -0.15) is 0 Å². The van der Waals surface area contributed by atoms with Crippen LogP contribution in [0.5, 0.6) is 0 Å². The van der Waals surface area contributed by atoms with E-state index in [9.17, 15) is 4.79 Å². The molecule has 1 aliphatic heterocycles. The van der Waals surface area contributed by atoms with E-state index in [1.807, 2.05) is 23.6 Å². The van der Waals surface area contributed by atoms with Crippen LogP contribution in [0.1, 0.15) is 21.7 Å². The van der Waals surface area contributed by atoms with Gasteiger partial charge in [-0.05, 0) is 26.0 Å². The van der Waals surface area contributed by atoms with Crippen molar-refractivity contribution in [2.45, 2.75) is 26.4 Å². The molecular formula is C19H16ClN3O2S2. The molecule has 8 heteroatoms. The van der Waals surface area contributed by atoms with Gasteiger partial charge in [0.1, 0.15) is 0 Å². The molecule has 0 aliphatic carbocycles. The van der Waals surface area contributed by atoms with Crippen LogP contribution in [-0.4, -0.2) is 22.7 Å². The Morgan fingerprint density at radius 2 is 2.11 bits per heavy atom. The molecule has 0 spiro atoms. The summed E-state index contributed by atoms with van der Waals surface area (Å²) in [4.78, 5) is 24.8. The fraction of sp³-hybridized carbons (Fsp3) is 0.211.